The summed E-state index contributed by atoms with van der Waals surface area (Å²) in [5, 5.41) is 0.248. The van der Waals surface area contributed by atoms with Gasteiger partial charge in [-0.05, 0) is 61.9 Å². The Morgan fingerprint density at radius 3 is 1.85 bits per heavy atom. The van der Waals surface area contributed by atoms with Gasteiger partial charge in [0.2, 0.25) is 0 Å². The van der Waals surface area contributed by atoms with E-state index in [1.54, 1.807) is 0 Å². The molecule has 26 heavy (non-hydrogen) atoms. The molecule has 1 aliphatic rings. The standard InChI is InChI=1S/C22H46O2Si2/c1-12-26(13-2,14-3)24-20-16-19(17(4)5)21(15-18(20)6)23-25(10,11)22(7,8)9/h18-21H,4,12-16H2,1-3,5-11H3/t18-,19-,20?,21+/m1/s1. The second-order valence-corrected chi connectivity index (χ2v) is 19.7. The van der Waals surface area contributed by atoms with Gasteiger partial charge < -0.3 is 8.85 Å². The van der Waals surface area contributed by atoms with Gasteiger partial charge in [-0.15, -0.1) is 0 Å². The Balaban J connectivity index is 2.98. The zero-order chi connectivity index (χ0) is 20.3. The Kier molecular flexibility index (Phi) is 8.41. The van der Waals surface area contributed by atoms with E-state index in [1.165, 1.54) is 23.7 Å². The summed E-state index contributed by atoms with van der Waals surface area (Å²) in [5.41, 5.74) is 1.27. The molecule has 0 radical (unpaired) electrons. The summed E-state index contributed by atoms with van der Waals surface area (Å²) in [6.07, 6.45) is 2.88. The summed E-state index contributed by atoms with van der Waals surface area (Å²) >= 11 is 0. The molecule has 0 N–H and O–H groups in total. The molecule has 0 aromatic heterocycles. The summed E-state index contributed by atoms with van der Waals surface area (Å²) < 4.78 is 13.8. The van der Waals surface area contributed by atoms with Crippen molar-refractivity contribution in [1.82, 2.24) is 0 Å². The average molecular weight is 399 g/mol. The predicted octanol–water partition coefficient (Wildman–Crippen LogP) is 7.39. The van der Waals surface area contributed by atoms with Crippen LogP contribution < -0.4 is 0 Å². The highest BCUT2D eigenvalue weighted by Crippen LogP contribution is 2.44. The second-order valence-electron chi connectivity index (χ2n) is 10.2. The van der Waals surface area contributed by atoms with E-state index < -0.39 is 16.6 Å². The number of rotatable bonds is 8. The van der Waals surface area contributed by atoms with Gasteiger partial charge in [0, 0.05) is 12.0 Å². The Bertz CT molecular complexity index is 455. The highest BCUT2D eigenvalue weighted by molar-refractivity contribution is 6.74. The smallest absolute Gasteiger partial charge is 0.192 e. The monoisotopic (exact) mass is 398 g/mol. The van der Waals surface area contributed by atoms with Crippen molar-refractivity contribution < 1.29 is 8.85 Å². The SMILES string of the molecule is C=C(C)[C@H]1CC(O[Si](CC)(CC)CC)[C@H](C)C[C@@H]1O[Si](C)(C)C(C)(C)C. The van der Waals surface area contributed by atoms with E-state index in [4.69, 9.17) is 8.85 Å². The predicted molar refractivity (Wildman–Crippen MR) is 121 cm³/mol. The van der Waals surface area contributed by atoms with E-state index in [9.17, 15) is 0 Å². The van der Waals surface area contributed by atoms with Gasteiger partial charge in [0.1, 0.15) is 0 Å². The van der Waals surface area contributed by atoms with Crippen LogP contribution in [0.5, 0.6) is 0 Å². The normalized spacial score (nSPS) is 28.2. The minimum absolute atomic E-state index is 0.248. The molecule has 0 bridgehead atoms. The van der Waals surface area contributed by atoms with Crippen molar-refractivity contribution in [3.63, 3.8) is 0 Å². The molecule has 4 atom stereocenters. The maximum absolute atomic E-state index is 6.92. The van der Waals surface area contributed by atoms with Crippen molar-refractivity contribution in [1.29, 1.82) is 0 Å². The van der Waals surface area contributed by atoms with Crippen LogP contribution in [0.15, 0.2) is 12.2 Å². The molecule has 1 rings (SSSR count). The fourth-order valence-corrected chi connectivity index (χ4v) is 8.35. The van der Waals surface area contributed by atoms with E-state index in [0.717, 1.165) is 12.8 Å². The first-order valence-corrected chi connectivity index (χ1v) is 16.3. The van der Waals surface area contributed by atoms with Gasteiger partial charge >= 0.3 is 0 Å². The Morgan fingerprint density at radius 1 is 0.962 bits per heavy atom. The molecule has 1 fully saturated rings. The first-order valence-electron chi connectivity index (χ1n) is 10.8. The number of hydrogen-bond donors (Lipinski definition) is 0. The van der Waals surface area contributed by atoms with Gasteiger partial charge in [0.15, 0.2) is 16.6 Å². The summed E-state index contributed by atoms with van der Waals surface area (Å²) in [6.45, 7) is 27.6. The molecule has 1 saturated carbocycles. The zero-order valence-corrected chi connectivity index (χ0v) is 21.4. The van der Waals surface area contributed by atoms with E-state index in [1.807, 2.05) is 0 Å². The fraction of sp³-hybridized carbons (Fsp3) is 0.909. The van der Waals surface area contributed by atoms with Gasteiger partial charge in [-0.3, -0.25) is 0 Å². The van der Waals surface area contributed by atoms with Crippen LogP contribution in [-0.4, -0.2) is 28.8 Å². The Hall–Kier alpha value is 0.0938. The van der Waals surface area contributed by atoms with E-state index >= 15 is 0 Å². The molecular weight excluding hydrogens is 352 g/mol. The van der Waals surface area contributed by atoms with Crippen LogP contribution in [0, 0.1) is 11.8 Å². The van der Waals surface area contributed by atoms with E-state index in [0.29, 0.717) is 24.0 Å². The quantitative estimate of drug-likeness (QED) is 0.313. The molecule has 1 unspecified atom stereocenters. The third kappa shape index (κ3) is 5.56. The topological polar surface area (TPSA) is 18.5 Å². The lowest BCUT2D eigenvalue weighted by Gasteiger charge is -2.48. The van der Waals surface area contributed by atoms with Crippen LogP contribution >= 0.6 is 0 Å². The van der Waals surface area contributed by atoms with Crippen LogP contribution in [-0.2, 0) is 8.85 Å². The van der Waals surface area contributed by atoms with Gasteiger partial charge in [-0.25, -0.2) is 0 Å². The maximum atomic E-state index is 6.92. The average Bonchev–Trinajstić information content (AvgIpc) is 2.53. The van der Waals surface area contributed by atoms with Crippen LogP contribution in [0.3, 0.4) is 0 Å². The van der Waals surface area contributed by atoms with Crippen LogP contribution in [0.1, 0.15) is 68.2 Å². The second kappa shape index (κ2) is 9.06. The third-order valence-corrected chi connectivity index (χ3v) is 16.6. The lowest BCUT2D eigenvalue weighted by molar-refractivity contribution is -0.00184. The Morgan fingerprint density at radius 2 is 1.46 bits per heavy atom. The van der Waals surface area contributed by atoms with Crippen LogP contribution in [0.25, 0.3) is 0 Å². The van der Waals surface area contributed by atoms with Crippen molar-refractivity contribution in [2.24, 2.45) is 11.8 Å². The molecular formula is C22H46O2Si2. The highest BCUT2D eigenvalue weighted by atomic mass is 28.4. The van der Waals surface area contributed by atoms with Crippen molar-refractivity contribution in [2.75, 3.05) is 0 Å². The minimum Gasteiger partial charge on any atom is -0.414 e. The maximum Gasteiger partial charge on any atom is 0.192 e. The molecule has 0 aromatic carbocycles. The van der Waals surface area contributed by atoms with Gasteiger partial charge in [0.05, 0.1) is 6.10 Å². The highest BCUT2D eigenvalue weighted by Gasteiger charge is 2.45. The third-order valence-electron chi connectivity index (χ3n) is 7.39. The lowest BCUT2D eigenvalue weighted by atomic mass is 9.76. The summed E-state index contributed by atoms with van der Waals surface area (Å²) in [5.74, 6) is 1.000. The molecule has 0 heterocycles. The molecule has 0 aromatic rings. The van der Waals surface area contributed by atoms with Crippen molar-refractivity contribution in [3.05, 3.63) is 12.2 Å². The summed E-state index contributed by atoms with van der Waals surface area (Å²) in [7, 11) is -3.34. The molecule has 0 aliphatic heterocycles. The lowest BCUT2D eigenvalue weighted by Crippen LogP contribution is -2.51. The molecule has 0 saturated heterocycles. The molecule has 2 nitrogen and oxygen atoms in total. The van der Waals surface area contributed by atoms with E-state index in [-0.39, 0.29) is 5.04 Å². The van der Waals surface area contributed by atoms with Gasteiger partial charge in [0.25, 0.3) is 0 Å². The van der Waals surface area contributed by atoms with E-state index in [2.05, 4.69) is 75.1 Å². The molecule has 1 aliphatic carbocycles. The van der Waals surface area contributed by atoms with Crippen molar-refractivity contribution in [2.45, 2.75) is 117 Å². The molecule has 154 valence electrons. The summed E-state index contributed by atoms with van der Waals surface area (Å²) in [4.78, 5) is 0. The largest absolute Gasteiger partial charge is 0.414 e. The molecule has 0 amide bonds. The first kappa shape index (κ1) is 24.1. The fourth-order valence-electron chi connectivity index (χ4n) is 4.01. The Labute approximate surface area is 166 Å². The van der Waals surface area contributed by atoms with Crippen LogP contribution in [0.4, 0.5) is 0 Å². The summed E-state index contributed by atoms with van der Waals surface area (Å²) in [6, 6.07) is 3.68. The minimum atomic E-state index is -1.77. The number of hydrogen-bond acceptors (Lipinski definition) is 2. The van der Waals surface area contributed by atoms with Gasteiger partial charge in [-0.2, -0.15) is 0 Å². The van der Waals surface area contributed by atoms with Crippen molar-refractivity contribution in [3.8, 4) is 0 Å². The molecule has 0 spiro atoms. The molecule has 4 heteroatoms. The van der Waals surface area contributed by atoms with Gasteiger partial charge in [-0.1, -0.05) is 60.6 Å². The zero-order valence-electron chi connectivity index (χ0n) is 19.4. The van der Waals surface area contributed by atoms with Crippen molar-refractivity contribution >= 4 is 16.6 Å². The first-order chi connectivity index (χ1) is 11.8. The van der Waals surface area contributed by atoms with Crippen LogP contribution in [0.2, 0.25) is 36.3 Å².